The van der Waals surface area contributed by atoms with Gasteiger partial charge in [-0.15, -0.1) is 10.2 Å². The summed E-state index contributed by atoms with van der Waals surface area (Å²) < 4.78 is 5.48. The van der Waals surface area contributed by atoms with Crippen LogP contribution in [0.1, 0.15) is 50.6 Å². The van der Waals surface area contributed by atoms with Gasteiger partial charge in [-0.1, -0.05) is 44.2 Å². The molecule has 0 fully saturated rings. The van der Waals surface area contributed by atoms with Crippen LogP contribution in [0.4, 0.5) is 0 Å². The first kappa shape index (κ1) is 16.9. The lowest BCUT2D eigenvalue weighted by molar-refractivity contribution is -0.117. The number of aryl methyl sites for hydroxylation is 1. The Morgan fingerprint density at radius 2 is 1.96 bits per heavy atom. The van der Waals surface area contributed by atoms with Crippen molar-refractivity contribution in [2.75, 3.05) is 0 Å². The van der Waals surface area contributed by atoms with Gasteiger partial charge in [0.05, 0.1) is 0 Å². The molecule has 0 aliphatic rings. The van der Waals surface area contributed by atoms with Crippen molar-refractivity contribution < 1.29 is 9.21 Å². The molecular weight excluding hydrogens is 290 g/mol. The molecule has 0 bridgehead atoms. The van der Waals surface area contributed by atoms with Crippen molar-refractivity contribution in [2.24, 2.45) is 5.92 Å². The fourth-order valence-corrected chi connectivity index (χ4v) is 2.34. The second-order valence-electron chi connectivity index (χ2n) is 6.04. The number of amides is 1. The van der Waals surface area contributed by atoms with Crippen molar-refractivity contribution in [1.29, 1.82) is 0 Å². The van der Waals surface area contributed by atoms with Crippen LogP contribution in [-0.4, -0.2) is 16.1 Å². The first-order chi connectivity index (χ1) is 11.0. The van der Waals surface area contributed by atoms with Gasteiger partial charge in [-0.3, -0.25) is 4.79 Å². The highest BCUT2D eigenvalue weighted by molar-refractivity contribution is 5.95. The second kappa shape index (κ2) is 7.72. The van der Waals surface area contributed by atoms with E-state index >= 15 is 0 Å². The largest absolute Gasteiger partial charge is 0.423 e. The Morgan fingerprint density at radius 1 is 1.26 bits per heavy atom. The summed E-state index contributed by atoms with van der Waals surface area (Å²) in [5.74, 6) is 1.19. The lowest BCUT2D eigenvalue weighted by Crippen LogP contribution is -2.28. The van der Waals surface area contributed by atoms with Crippen molar-refractivity contribution in [3.63, 3.8) is 0 Å². The van der Waals surface area contributed by atoms with Crippen LogP contribution in [0.25, 0.3) is 5.57 Å². The zero-order valence-electron chi connectivity index (χ0n) is 14.0. The molecule has 122 valence electrons. The monoisotopic (exact) mass is 313 g/mol. The fourth-order valence-electron chi connectivity index (χ4n) is 2.34. The Labute approximate surface area is 136 Å². The molecule has 1 aromatic carbocycles. The molecule has 2 rings (SSSR count). The van der Waals surface area contributed by atoms with E-state index in [2.05, 4.69) is 29.4 Å². The van der Waals surface area contributed by atoms with Crippen LogP contribution < -0.4 is 5.32 Å². The highest BCUT2D eigenvalue weighted by atomic mass is 16.4. The van der Waals surface area contributed by atoms with Gasteiger partial charge in [0.15, 0.2) is 0 Å². The standard InChI is InChI=1S/C18H23N3O2/c1-12(2)10-16(18-21-20-14(4)23-18)19-17(22)11-13(3)15-8-6-5-7-9-15/h5-9,11-12,16H,10H2,1-4H3,(H,19,22)/b13-11+. The topological polar surface area (TPSA) is 68.0 Å². The SMILES string of the molecule is C/C(=C\C(=O)NC(CC(C)C)c1nnc(C)o1)c1ccccc1. The summed E-state index contributed by atoms with van der Waals surface area (Å²) in [5.41, 5.74) is 1.94. The van der Waals surface area contributed by atoms with Crippen LogP contribution in [0.5, 0.6) is 0 Å². The third-order valence-electron chi connectivity index (χ3n) is 3.44. The van der Waals surface area contributed by atoms with Gasteiger partial charge in [-0.25, -0.2) is 0 Å². The molecule has 2 aromatic rings. The lowest BCUT2D eigenvalue weighted by atomic mass is 10.0. The van der Waals surface area contributed by atoms with E-state index in [1.807, 2.05) is 37.3 Å². The molecule has 1 atom stereocenters. The molecule has 0 radical (unpaired) electrons. The highest BCUT2D eigenvalue weighted by Crippen LogP contribution is 2.20. The maximum atomic E-state index is 12.3. The van der Waals surface area contributed by atoms with E-state index in [4.69, 9.17) is 4.42 Å². The molecule has 1 amide bonds. The number of allylic oxidation sites excluding steroid dienone is 1. The van der Waals surface area contributed by atoms with Gasteiger partial charge >= 0.3 is 0 Å². The van der Waals surface area contributed by atoms with Gasteiger partial charge < -0.3 is 9.73 Å². The van der Waals surface area contributed by atoms with Gasteiger partial charge in [0.25, 0.3) is 0 Å². The highest BCUT2D eigenvalue weighted by Gasteiger charge is 2.21. The smallest absolute Gasteiger partial charge is 0.244 e. The number of carbonyl (C=O) groups excluding carboxylic acids is 1. The Morgan fingerprint density at radius 3 is 2.52 bits per heavy atom. The number of nitrogens with zero attached hydrogens (tertiary/aromatic N) is 2. The predicted molar refractivity (Wildman–Crippen MR) is 89.5 cm³/mol. The van der Waals surface area contributed by atoms with Crippen molar-refractivity contribution in [3.05, 3.63) is 53.8 Å². The van der Waals surface area contributed by atoms with E-state index < -0.39 is 0 Å². The molecule has 0 saturated carbocycles. The fraction of sp³-hybridized carbons (Fsp3) is 0.389. The molecule has 1 aromatic heterocycles. The molecule has 0 saturated heterocycles. The summed E-state index contributed by atoms with van der Waals surface area (Å²) in [6.45, 7) is 7.84. The minimum absolute atomic E-state index is 0.159. The van der Waals surface area contributed by atoms with E-state index in [1.54, 1.807) is 13.0 Å². The van der Waals surface area contributed by atoms with Crippen LogP contribution in [0.15, 0.2) is 40.8 Å². The summed E-state index contributed by atoms with van der Waals surface area (Å²) in [6.07, 6.45) is 2.34. The number of hydrogen-bond acceptors (Lipinski definition) is 4. The van der Waals surface area contributed by atoms with Gasteiger partial charge in [0.2, 0.25) is 17.7 Å². The molecule has 5 heteroatoms. The lowest BCUT2D eigenvalue weighted by Gasteiger charge is -2.16. The Hall–Kier alpha value is -2.43. The summed E-state index contributed by atoms with van der Waals surface area (Å²) in [5, 5.41) is 10.9. The molecule has 23 heavy (non-hydrogen) atoms. The Kier molecular flexibility index (Phi) is 5.68. The second-order valence-corrected chi connectivity index (χ2v) is 6.04. The molecule has 0 aliphatic heterocycles. The zero-order chi connectivity index (χ0) is 16.8. The molecule has 1 N–H and O–H groups in total. The average molecular weight is 313 g/mol. The number of hydrogen-bond donors (Lipinski definition) is 1. The van der Waals surface area contributed by atoms with Crippen LogP contribution in [0, 0.1) is 12.8 Å². The molecule has 1 heterocycles. The minimum Gasteiger partial charge on any atom is -0.423 e. The van der Waals surface area contributed by atoms with E-state index in [0.29, 0.717) is 17.7 Å². The van der Waals surface area contributed by atoms with Crippen LogP contribution in [0.2, 0.25) is 0 Å². The maximum Gasteiger partial charge on any atom is 0.244 e. The third kappa shape index (κ3) is 5.06. The van der Waals surface area contributed by atoms with E-state index in [9.17, 15) is 4.79 Å². The normalized spacial score (nSPS) is 13.2. The predicted octanol–water partition coefficient (Wildman–Crippen LogP) is 3.68. The number of aromatic nitrogens is 2. The first-order valence-corrected chi connectivity index (χ1v) is 7.80. The Bertz CT molecular complexity index is 675. The van der Waals surface area contributed by atoms with Gasteiger partial charge in [-0.2, -0.15) is 0 Å². The Balaban J connectivity index is 2.11. The summed E-state index contributed by atoms with van der Waals surface area (Å²) in [6, 6.07) is 9.54. The molecule has 0 aliphatic carbocycles. The summed E-state index contributed by atoms with van der Waals surface area (Å²) in [4.78, 5) is 12.3. The third-order valence-corrected chi connectivity index (χ3v) is 3.44. The average Bonchev–Trinajstić information content (AvgIpc) is 2.93. The molecular formula is C18H23N3O2. The quantitative estimate of drug-likeness (QED) is 0.826. The number of rotatable bonds is 6. The van der Waals surface area contributed by atoms with Gasteiger partial charge in [0.1, 0.15) is 6.04 Å². The van der Waals surface area contributed by atoms with Crippen LogP contribution in [0.3, 0.4) is 0 Å². The number of carbonyl (C=O) groups is 1. The van der Waals surface area contributed by atoms with Crippen LogP contribution in [-0.2, 0) is 4.79 Å². The molecule has 1 unspecified atom stereocenters. The number of nitrogens with one attached hydrogen (secondary N) is 1. The van der Waals surface area contributed by atoms with Crippen molar-refractivity contribution in [3.8, 4) is 0 Å². The van der Waals surface area contributed by atoms with E-state index in [0.717, 1.165) is 17.6 Å². The minimum atomic E-state index is -0.275. The summed E-state index contributed by atoms with van der Waals surface area (Å²) >= 11 is 0. The molecule has 5 nitrogen and oxygen atoms in total. The first-order valence-electron chi connectivity index (χ1n) is 7.80. The van der Waals surface area contributed by atoms with E-state index in [-0.39, 0.29) is 11.9 Å². The van der Waals surface area contributed by atoms with Crippen molar-refractivity contribution in [2.45, 2.75) is 40.2 Å². The van der Waals surface area contributed by atoms with Crippen LogP contribution >= 0.6 is 0 Å². The zero-order valence-corrected chi connectivity index (χ0v) is 14.0. The summed E-state index contributed by atoms with van der Waals surface area (Å²) in [7, 11) is 0. The molecule has 0 spiro atoms. The number of benzene rings is 1. The van der Waals surface area contributed by atoms with Crippen molar-refractivity contribution >= 4 is 11.5 Å². The maximum absolute atomic E-state index is 12.3. The van der Waals surface area contributed by atoms with E-state index in [1.165, 1.54) is 0 Å². The van der Waals surface area contributed by atoms with Crippen molar-refractivity contribution in [1.82, 2.24) is 15.5 Å². The van der Waals surface area contributed by atoms with Gasteiger partial charge in [0, 0.05) is 13.0 Å². The van der Waals surface area contributed by atoms with Gasteiger partial charge in [-0.05, 0) is 30.4 Å².